The number of carbonyl (C=O) groups excluding carboxylic acids is 2. The van der Waals surface area contributed by atoms with Crippen LogP contribution >= 0.6 is 0 Å². The Morgan fingerprint density at radius 1 is 1.24 bits per heavy atom. The SMILES string of the molecule is Cc1ccccc1/C=C/C(=O)OOC(=O)[C@@H]1[C@H]2CC[C@@H](C[C@@H]1O)N2C. The fourth-order valence-corrected chi connectivity index (χ4v) is 3.85. The molecule has 6 heteroatoms. The number of aliphatic hydroxyl groups excluding tert-OH is 1. The molecule has 6 nitrogen and oxygen atoms in total. The van der Waals surface area contributed by atoms with Crippen molar-refractivity contribution in [3.63, 3.8) is 0 Å². The van der Waals surface area contributed by atoms with Gasteiger partial charge in [0.1, 0.15) is 5.92 Å². The van der Waals surface area contributed by atoms with Gasteiger partial charge in [0.25, 0.3) is 0 Å². The van der Waals surface area contributed by atoms with Crippen molar-refractivity contribution in [2.75, 3.05) is 7.05 Å². The van der Waals surface area contributed by atoms with E-state index in [-0.39, 0.29) is 6.04 Å². The highest BCUT2D eigenvalue weighted by molar-refractivity contribution is 5.87. The molecule has 134 valence electrons. The zero-order chi connectivity index (χ0) is 18.0. The summed E-state index contributed by atoms with van der Waals surface area (Å²) in [4.78, 5) is 35.4. The lowest BCUT2D eigenvalue weighted by molar-refractivity contribution is -0.262. The van der Waals surface area contributed by atoms with Gasteiger partial charge in [-0.2, -0.15) is 0 Å². The molecule has 3 rings (SSSR count). The second-order valence-electron chi connectivity index (χ2n) is 6.79. The van der Waals surface area contributed by atoms with Crippen molar-refractivity contribution in [2.45, 2.75) is 44.4 Å². The van der Waals surface area contributed by atoms with Crippen LogP contribution in [-0.2, 0) is 19.4 Å². The quantitative estimate of drug-likeness (QED) is 0.512. The van der Waals surface area contributed by atoms with Crippen LogP contribution < -0.4 is 0 Å². The highest BCUT2D eigenvalue weighted by atomic mass is 17.2. The third-order valence-electron chi connectivity index (χ3n) is 5.30. The Morgan fingerprint density at radius 3 is 2.76 bits per heavy atom. The van der Waals surface area contributed by atoms with Crippen molar-refractivity contribution in [3.05, 3.63) is 41.5 Å². The molecule has 2 fully saturated rings. The van der Waals surface area contributed by atoms with E-state index >= 15 is 0 Å². The molecule has 25 heavy (non-hydrogen) atoms. The number of aliphatic hydroxyl groups is 1. The third kappa shape index (κ3) is 3.75. The van der Waals surface area contributed by atoms with Crippen LogP contribution in [0, 0.1) is 12.8 Å². The van der Waals surface area contributed by atoms with Crippen molar-refractivity contribution in [2.24, 2.45) is 5.92 Å². The first-order valence-electron chi connectivity index (χ1n) is 8.53. The molecule has 0 aromatic heterocycles. The van der Waals surface area contributed by atoms with Gasteiger partial charge < -0.3 is 5.11 Å². The zero-order valence-corrected chi connectivity index (χ0v) is 14.4. The number of piperidine rings is 1. The number of hydrogen-bond acceptors (Lipinski definition) is 6. The predicted molar refractivity (Wildman–Crippen MR) is 91.1 cm³/mol. The van der Waals surface area contributed by atoms with Gasteiger partial charge >= 0.3 is 11.9 Å². The largest absolute Gasteiger partial charge is 0.392 e. The van der Waals surface area contributed by atoms with Crippen LogP contribution in [0.15, 0.2) is 30.3 Å². The fraction of sp³-hybridized carbons (Fsp3) is 0.474. The molecular weight excluding hydrogens is 322 g/mol. The van der Waals surface area contributed by atoms with E-state index in [1.807, 2.05) is 38.2 Å². The summed E-state index contributed by atoms with van der Waals surface area (Å²) in [5.41, 5.74) is 1.90. The summed E-state index contributed by atoms with van der Waals surface area (Å²) < 4.78 is 0. The third-order valence-corrected chi connectivity index (χ3v) is 5.30. The monoisotopic (exact) mass is 345 g/mol. The maximum Gasteiger partial charge on any atom is 0.379 e. The molecule has 0 saturated carbocycles. The molecule has 0 amide bonds. The fourth-order valence-electron chi connectivity index (χ4n) is 3.85. The van der Waals surface area contributed by atoms with Crippen LogP contribution in [0.2, 0.25) is 0 Å². The van der Waals surface area contributed by atoms with Gasteiger partial charge in [-0.05, 0) is 50.4 Å². The highest BCUT2D eigenvalue weighted by Gasteiger charge is 2.49. The van der Waals surface area contributed by atoms with Crippen LogP contribution in [0.3, 0.4) is 0 Å². The van der Waals surface area contributed by atoms with Gasteiger partial charge in [-0.1, -0.05) is 24.3 Å². The van der Waals surface area contributed by atoms with Crippen LogP contribution in [0.4, 0.5) is 0 Å². The Morgan fingerprint density at radius 2 is 2.00 bits per heavy atom. The van der Waals surface area contributed by atoms with E-state index in [0.29, 0.717) is 12.5 Å². The Bertz CT molecular complexity index is 686. The molecule has 0 radical (unpaired) electrons. The summed E-state index contributed by atoms with van der Waals surface area (Å²) in [6, 6.07) is 7.82. The van der Waals surface area contributed by atoms with Crippen molar-refractivity contribution >= 4 is 18.0 Å². The molecule has 0 spiro atoms. The molecule has 2 saturated heterocycles. The van der Waals surface area contributed by atoms with Gasteiger partial charge in [-0.15, -0.1) is 0 Å². The summed E-state index contributed by atoms with van der Waals surface area (Å²) in [7, 11) is 1.95. The molecule has 1 aromatic rings. The number of fused-ring (bicyclic) bond motifs is 2. The summed E-state index contributed by atoms with van der Waals surface area (Å²) in [5, 5.41) is 10.2. The van der Waals surface area contributed by atoms with Crippen molar-refractivity contribution in [3.8, 4) is 0 Å². The van der Waals surface area contributed by atoms with E-state index in [4.69, 9.17) is 4.89 Å². The topological polar surface area (TPSA) is 76.1 Å². The van der Waals surface area contributed by atoms with E-state index in [1.54, 1.807) is 6.08 Å². The second-order valence-corrected chi connectivity index (χ2v) is 6.79. The second kappa shape index (κ2) is 7.37. The molecule has 2 heterocycles. The number of aryl methyl sites for hydroxylation is 1. The molecule has 2 aliphatic rings. The van der Waals surface area contributed by atoms with Crippen molar-refractivity contribution in [1.29, 1.82) is 0 Å². The van der Waals surface area contributed by atoms with Gasteiger partial charge in [0.15, 0.2) is 0 Å². The molecular formula is C19H23NO5. The first kappa shape index (κ1) is 17.6. The number of benzene rings is 1. The lowest BCUT2D eigenvalue weighted by Crippen LogP contribution is -2.52. The molecule has 1 aromatic carbocycles. The average molecular weight is 345 g/mol. The molecule has 0 unspecified atom stereocenters. The minimum absolute atomic E-state index is 0.0672. The van der Waals surface area contributed by atoms with E-state index in [0.717, 1.165) is 24.0 Å². The first-order valence-corrected chi connectivity index (χ1v) is 8.53. The molecule has 2 bridgehead atoms. The van der Waals surface area contributed by atoms with E-state index in [9.17, 15) is 14.7 Å². The van der Waals surface area contributed by atoms with E-state index < -0.39 is 24.0 Å². The van der Waals surface area contributed by atoms with Gasteiger partial charge in [0, 0.05) is 18.2 Å². The van der Waals surface area contributed by atoms with Crippen LogP contribution in [0.5, 0.6) is 0 Å². The number of nitrogens with zero attached hydrogens (tertiary/aromatic N) is 1. The van der Waals surface area contributed by atoms with Crippen LogP contribution in [0.1, 0.15) is 30.4 Å². The number of carbonyl (C=O) groups is 2. The maximum absolute atomic E-state index is 12.3. The average Bonchev–Trinajstić information content (AvgIpc) is 2.83. The van der Waals surface area contributed by atoms with Crippen molar-refractivity contribution < 1.29 is 24.5 Å². The summed E-state index contributed by atoms with van der Waals surface area (Å²) in [5.74, 6) is -2.14. The summed E-state index contributed by atoms with van der Waals surface area (Å²) in [6.45, 7) is 1.93. The Hall–Kier alpha value is -2.18. The summed E-state index contributed by atoms with van der Waals surface area (Å²) >= 11 is 0. The normalized spacial score (nSPS) is 28.9. The number of rotatable bonds is 3. The Balaban J connectivity index is 1.55. The van der Waals surface area contributed by atoms with E-state index in [2.05, 4.69) is 9.79 Å². The van der Waals surface area contributed by atoms with Gasteiger partial charge in [-0.3, -0.25) is 4.90 Å². The molecule has 4 atom stereocenters. The minimum Gasteiger partial charge on any atom is -0.392 e. The van der Waals surface area contributed by atoms with Crippen LogP contribution in [-0.4, -0.2) is 47.2 Å². The lowest BCUT2D eigenvalue weighted by Gasteiger charge is -2.38. The maximum atomic E-state index is 12.3. The van der Waals surface area contributed by atoms with Gasteiger partial charge in [0.05, 0.1) is 6.10 Å². The molecule has 0 aliphatic carbocycles. The standard InChI is InChI=1S/C19H23NO5/c1-12-5-3-4-6-13(12)7-10-17(22)24-25-19(23)18-15-9-8-14(20(15)2)11-16(18)21/h3-7,10,14-16,18,21H,8-9,11H2,1-2H3/b10-7+/t14-,15+,16-,18+/m0/s1. The summed E-state index contributed by atoms with van der Waals surface area (Å²) in [6.07, 6.45) is 4.39. The van der Waals surface area contributed by atoms with E-state index in [1.165, 1.54) is 6.08 Å². The Kier molecular flexibility index (Phi) is 5.20. The highest BCUT2D eigenvalue weighted by Crippen LogP contribution is 2.38. The van der Waals surface area contributed by atoms with Gasteiger partial charge in [-0.25, -0.2) is 19.4 Å². The van der Waals surface area contributed by atoms with Crippen molar-refractivity contribution in [1.82, 2.24) is 4.90 Å². The lowest BCUT2D eigenvalue weighted by atomic mass is 9.88. The first-order chi connectivity index (χ1) is 12.0. The predicted octanol–water partition coefficient (Wildman–Crippen LogP) is 1.85. The molecule has 2 aliphatic heterocycles. The molecule has 1 N–H and O–H groups in total. The minimum atomic E-state index is -0.764. The number of hydrogen-bond donors (Lipinski definition) is 1. The smallest absolute Gasteiger partial charge is 0.379 e. The Labute approximate surface area is 147 Å². The zero-order valence-electron chi connectivity index (χ0n) is 14.4. The van der Waals surface area contributed by atoms with Crippen LogP contribution in [0.25, 0.3) is 6.08 Å². The van der Waals surface area contributed by atoms with Gasteiger partial charge in [0.2, 0.25) is 0 Å².